The van der Waals surface area contributed by atoms with E-state index in [-0.39, 0.29) is 18.6 Å². The van der Waals surface area contributed by atoms with Gasteiger partial charge in [-0.25, -0.2) is 19.3 Å². The molecule has 2 aliphatic heterocycles. The second-order valence-electron chi connectivity index (χ2n) is 8.74. The van der Waals surface area contributed by atoms with Crippen molar-refractivity contribution in [2.24, 2.45) is 0 Å². The quantitative estimate of drug-likeness (QED) is 0.367. The Morgan fingerprint density at radius 2 is 2.09 bits per heavy atom. The molecule has 2 atom stereocenters. The minimum atomic E-state index is -1.76. The van der Waals surface area contributed by atoms with Crippen LogP contribution in [0.15, 0.2) is 53.6 Å². The molecule has 1 unspecified atom stereocenters. The summed E-state index contributed by atoms with van der Waals surface area (Å²) in [7, 11) is 0. The van der Waals surface area contributed by atoms with Gasteiger partial charge in [0.25, 0.3) is 5.56 Å². The van der Waals surface area contributed by atoms with E-state index in [1.807, 2.05) is 30.3 Å². The van der Waals surface area contributed by atoms with Gasteiger partial charge in [-0.15, -0.1) is 5.10 Å². The van der Waals surface area contributed by atoms with Crippen LogP contribution >= 0.6 is 0 Å². The van der Waals surface area contributed by atoms with Crippen molar-refractivity contribution in [2.45, 2.75) is 45.1 Å². The third-order valence-corrected chi connectivity index (χ3v) is 6.84. The molecular weight excluding hydrogens is 450 g/mol. The molecule has 5 heterocycles. The SMILES string of the molecule is CC[C@@]1(OC(=O)C(C)n2ccnn2)C(=O)OCc2c1cc1n(c2=O)Cc2cc3ccccc3nc2-1. The van der Waals surface area contributed by atoms with Crippen molar-refractivity contribution in [3.8, 4) is 11.4 Å². The molecule has 35 heavy (non-hydrogen) atoms. The number of esters is 2. The summed E-state index contributed by atoms with van der Waals surface area (Å²) in [5.41, 5.74) is 1.58. The van der Waals surface area contributed by atoms with Gasteiger partial charge in [-0.05, 0) is 31.5 Å². The number of nitrogens with zero attached hydrogens (tertiary/aromatic N) is 5. The van der Waals surface area contributed by atoms with Gasteiger partial charge in [0.15, 0.2) is 0 Å². The molecule has 1 aromatic carbocycles. The summed E-state index contributed by atoms with van der Waals surface area (Å²) in [6.07, 6.45) is 3.07. The third kappa shape index (κ3) is 3.02. The number of carbonyl (C=O) groups is 2. The lowest BCUT2D eigenvalue weighted by Crippen LogP contribution is -2.48. The molecule has 0 saturated carbocycles. The van der Waals surface area contributed by atoms with Gasteiger partial charge < -0.3 is 14.0 Å². The summed E-state index contributed by atoms with van der Waals surface area (Å²) in [4.78, 5) is 44.6. The maximum atomic E-state index is 13.6. The van der Waals surface area contributed by atoms with Gasteiger partial charge in [-0.1, -0.05) is 30.3 Å². The zero-order valence-corrected chi connectivity index (χ0v) is 19.1. The fraction of sp³-hybridized carbons (Fsp3) is 0.280. The van der Waals surface area contributed by atoms with Crippen molar-refractivity contribution in [3.05, 3.63) is 75.8 Å². The fourth-order valence-corrected chi connectivity index (χ4v) is 4.87. The van der Waals surface area contributed by atoms with Crippen LogP contribution in [0.1, 0.15) is 43.0 Å². The largest absolute Gasteiger partial charge is 0.457 e. The first-order valence-corrected chi connectivity index (χ1v) is 11.3. The summed E-state index contributed by atoms with van der Waals surface area (Å²) in [5.74, 6) is -1.40. The van der Waals surface area contributed by atoms with Crippen molar-refractivity contribution in [1.29, 1.82) is 0 Å². The molecule has 0 spiro atoms. The Labute approximate surface area is 199 Å². The number of benzene rings is 1. The first-order chi connectivity index (χ1) is 16.9. The topological polar surface area (TPSA) is 118 Å². The number of rotatable bonds is 4. The van der Waals surface area contributed by atoms with E-state index in [2.05, 4.69) is 10.3 Å². The normalized spacial score (nSPS) is 19.0. The number of fused-ring (bicyclic) bond motifs is 5. The molecule has 10 nitrogen and oxygen atoms in total. The number of pyridine rings is 2. The van der Waals surface area contributed by atoms with E-state index < -0.39 is 23.6 Å². The van der Waals surface area contributed by atoms with E-state index in [1.54, 1.807) is 24.5 Å². The van der Waals surface area contributed by atoms with Crippen LogP contribution in [0.5, 0.6) is 0 Å². The van der Waals surface area contributed by atoms with Crippen LogP contribution in [-0.2, 0) is 37.8 Å². The lowest BCUT2D eigenvalue weighted by atomic mass is 9.85. The highest BCUT2D eigenvalue weighted by Crippen LogP contribution is 2.41. The van der Waals surface area contributed by atoms with E-state index in [9.17, 15) is 14.4 Å². The van der Waals surface area contributed by atoms with Crippen molar-refractivity contribution in [1.82, 2.24) is 24.5 Å². The molecule has 0 saturated heterocycles. The van der Waals surface area contributed by atoms with Gasteiger partial charge >= 0.3 is 11.9 Å². The molecule has 176 valence electrons. The molecule has 0 aliphatic carbocycles. The summed E-state index contributed by atoms with van der Waals surface area (Å²) in [6, 6.07) is 10.7. The summed E-state index contributed by atoms with van der Waals surface area (Å²) in [6.45, 7) is 3.49. The number of hydrogen-bond donors (Lipinski definition) is 0. The highest BCUT2D eigenvalue weighted by molar-refractivity contribution is 5.89. The van der Waals surface area contributed by atoms with E-state index in [1.165, 1.54) is 17.1 Å². The zero-order valence-electron chi connectivity index (χ0n) is 19.1. The van der Waals surface area contributed by atoms with Crippen LogP contribution in [0.2, 0.25) is 0 Å². The van der Waals surface area contributed by atoms with Crippen molar-refractivity contribution >= 4 is 22.8 Å². The third-order valence-electron chi connectivity index (χ3n) is 6.84. The maximum Gasteiger partial charge on any atom is 0.355 e. The molecular formula is C25H21N5O5. The van der Waals surface area contributed by atoms with Gasteiger partial charge in [0.05, 0.1) is 35.2 Å². The van der Waals surface area contributed by atoms with E-state index >= 15 is 0 Å². The van der Waals surface area contributed by atoms with Crippen LogP contribution in [0.3, 0.4) is 0 Å². The Morgan fingerprint density at radius 3 is 2.86 bits per heavy atom. The molecule has 3 aromatic heterocycles. The molecule has 0 fully saturated rings. The van der Waals surface area contributed by atoms with Crippen molar-refractivity contribution in [3.63, 3.8) is 0 Å². The van der Waals surface area contributed by atoms with Crippen molar-refractivity contribution < 1.29 is 19.1 Å². The van der Waals surface area contributed by atoms with Crippen LogP contribution in [-0.4, -0.2) is 36.5 Å². The van der Waals surface area contributed by atoms with Crippen molar-refractivity contribution in [2.75, 3.05) is 0 Å². The molecule has 0 N–H and O–H groups in total. The van der Waals surface area contributed by atoms with Gasteiger partial charge in [0.2, 0.25) is 5.60 Å². The Hall–Kier alpha value is -4.34. The molecule has 0 bridgehead atoms. The Kier molecular flexibility index (Phi) is 4.60. The molecule has 6 rings (SSSR count). The van der Waals surface area contributed by atoms with Gasteiger partial charge in [0, 0.05) is 22.7 Å². The average molecular weight is 471 g/mol. The number of carbonyl (C=O) groups excluding carboxylic acids is 2. The first kappa shape index (κ1) is 21.2. The Balaban J connectivity index is 1.50. The molecule has 10 heteroatoms. The highest BCUT2D eigenvalue weighted by atomic mass is 16.6. The number of hydrogen-bond acceptors (Lipinski definition) is 8. The number of cyclic esters (lactones) is 1. The number of aromatic nitrogens is 5. The maximum absolute atomic E-state index is 13.6. The smallest absolute Gasteiger partial charge is 0.355 e. The van der Waals surface area contributed by atoms with Gasteiger partial charge in [-0.3, -0.25) is 4.79 Å². The van der Waals surface area contributed by atoms with Crippen LogP contribution in [0.25, 0.3) is 22.3 Å². The average Bonchev–Trinajstić information content (AvgIpc) is 3.53. The zero-order chi connectivity index (χ0) is 24.3. The van der Waals surface area contributed by atoms with E-state index in [4.69, 9.17) is 14.5 Å². The monoisotopic (exact) mass is 471 g/mol. The molecule has 4 aromatic rings. The van der Waals surface area contributed by atoms with E-state index in [0.29, 0.717) is 29.1 Å². The minimum absolute atomic E-state index is 0.0928. The summed E-state index contributed by atoms with van der Waals surface area (Å²) < 4.78 is 14.2. The minimum Gasteiger partial charge on any atom is -0.457 e. The molecule has 0 radical (unpaired) electrons. The second kappa shape index (κ2) is 7.59. The first-order valence-electron chi connectivity index (χ1n) is 11.3. The molecule has 2 aliphatic rings. The standard InChI is InChI=1S/C25H21N5O5/c1-3-25(35-23(32)14(2)30-9-8-26-28-30)18-11-20-21-16(10-15-6-4-5-7-19(15)27-21)12-29(20)22(31)17(18)13-34-24(25)33/h4-11,14H,3,12-13H2,1-2H3/t14?,25-/m0/s1. The molecule has 0 amide bonds. The fourth-order valence-electron chi connectivity index (χ4n) is 4.87. The summed E-state index contributed by atoms with van der Waals surface area (Å²) in [5, 5.41) is 8.54. The Bertz CT molecular complexity index is 1580. The lowest BCUT2D eigenvalue weighted by molar-refractivity contribution is -0.191. The van der Waals surface area contributed by atoms with Gasteiger partial charge in [-0.2, -0.15) is 0 Å². The van der Waals surface area contributed by atoms with E-state index in [0.717, 1.165) is 16.5 Å². The number of ether oxygens (including phenoxy) is 2. The number of para-hydroxylation sites is 1. The van der Waals surface area contributed by atoms with Gasteiger partial charge in [0.1, 0.15) is 12.6 Å². The van der Waals surface area contributed by atoms with Crippen LogP contribution < -0.4 is 5.56 Å². The van der Waals surface area contributed by atoms with Crippen LogP contribution in [0, 0.1) is 0 Å². The predicted octanol–water partition coefficient (Wildman–Crippen LogP) is 2.48. The van der Waals surface area contributed by atoms with Crippen LogP contribution in [0.4, 0.5) is 0 Å². The Morgan fingerprint density at radius 1 is 1.26 bits per heavy atom. The summed E-state index contributed by atoms with van der Waals surface area (Å²) >= 11 is 0. The predicted molar refractivity (Wildman–Crippen MR) is 123 cm³/mol. The highest BCUT2D eigenvalue weighted by Gasteiger charge is 2.51. The second-order valence-corrected chi connectivity index (χ2v) is 8.74. The lowest BCUT2D eigenvalue weighted by Gasteiger charge is -2.36.